The molecular formula is C18H34N2O3. The van der Waals surface area contributed by atoms with Crippen LogP contribution in [0.1, 0.15) is 65.7 Å². The van der Waals surface area contributed by atoms with Gasteiger partial charge in [0.15, 0.2) is 0 Å². The number of hydrogen-bond acceptors (Lipinski definition) is 4. The number of carbonyl (C=O) groups excluding carboxylic acids is 1. The zero-order valence-corrected chi connectivity index (χ0v) is 15.3. The first kappa shape index (κ1) is 18.5. The van der Waals surface area contributed by atoms with Crippen molar-refractivity contribution in [1.82, 2.24) is 10.2 Å². The number of nitrogens with one attached hydrogen (secondary N) is 1. The number of methoxy groups -OCH3 is 1. The quantitative estimate of drug-likeness (QED) is 0.729. The van der Waals surface area contributed by atoms with E-state index in [9.17, 15) is 4.79 Å². The Hall–Kier alpha value is -0.810. The number of carbonyl (C=O) groups is 1. The molecule has 0 spiro atoms. The van der Waals surface area contributed by atoms with E-state index in [-0.39, 0.29) is 6.09 Å². The minimum atomic E-state index is -0.414. The Morgan fingerprint density at radius 1 is 1.13 bits per heavy atom. The molecule has 0 unspecified atom stereocenters. The van der Waals surface area contributed by atoms with Crippen LogP contribution < -0.4 is 5.32 Å². The highest BCUT2D eigenvalue weighted by Crippen LogP contribution is 2.28. The van der Waals surface area contributed by atoms with Crippen molar-refractivity contribution in [2.75, 3.05) is 20.2 Å². The van der Waals surface area contributed by atoms with Crippen LogP contribution in [0.5, 0.6) is 0 Å². The molecule has 2 aliphatic carbocycles. The monoisotopic (exact) mass is 326 g/mol. The molecule has 2 aliphatic rings. The third kappa shape index (κ3) is 6.68. The molecule has 2 rings (SSSR count). The fourth-order valence-electron chi connectivity index (χ4n) is 3.19. The van der Waals surface area contributed by atoms with Crippen LogP contribution in [0.4, 0.5) is 4.79 Å². The Labute approximate surface area is 141 Å². The summed E-state index contributed by atoms with van der Waals surface area (Å²) in [4.78, 5) is 14.2. The second-order valence-electron chi connectivity index (χ2n) is 7.92. The summed E-state index contributed by atoms with van der Waals surface area (Å²) in [5.41, 5.74) is -0.414. The zero-order valence-electron chi connectivity index (χ0n) is 15.3. The number of ether oxygens (including phenoxy) is 2. The van der Waals surface area contributed by atoms with Crippen LogP contribution in [0.15, 0.2) is 0 Å². The largest absolute Gasteiger partial charge is 0.444 e. The van der Waals surface area contributed by atoms with Crippen molar-refractivity contribution in [3.05, 3.63) is 0 Å². The molecule has 0 aromatic heterocycles. The van der Waals surface area contributed by atoms with Crippen LogP contribution >= 0.6 is 0 Å². The van der Waals surface area contributed by atoms with Crippen molar-refractivity contribution in [3.8, 4) is 0 Å². The van der Waals surface area contributed by atoms with Gasteiger partial charge in [0.1, 0.15) is 5.60 Å². The molecule has 5 nitrogen and oxygen atoms in total. The average molecular weight is 326 g/mol. The van der Waals surface area contributed by atoms with Gasteiger partial charge in [0.25, 0.3) is 0 Å². The Kier molecular flexibility index (Phi) is 6.72. The van der Waals surface area contributed by atoms with Crippen LogP contribution in [-0.2, 0) is 9.47 Å². The van der Waals surface area contributed by atoms with Gasteiger partial charge in [-0.15, -0.1) is 0 Å². The highest BCUT2D eigenvalue weighted by Gasteiger charge is 2.34. The van der Waals surface area contributed by atoms with Gasteiger partial charge in [-0.3, -0.25) is 0 Å². The third-order valence-corrected chi connectivity index (χ3v) is 4.63. The molecule has 0 radical (unpaired) electrons. The Morgan fingerprint density at radius 3 is 2.30 bits per heavy atom. The van der Waals surface area contributed by atoms with Gasteiger partial charge in [0.05, 0.1) is 6.10 Å². The highest BCUT2D eigenvalue weighted by atomic mass is 16.6. The molecule has 0 saturated heterocycles. The lowest BCUT2D eigenvalue weighted by atomic mass is 9.93. The SMILES string of the molecule is COC1CCC(NCCCN(C(=O)OC(C)(C)C)C2CC2)CC1. The van der Waals surface area contributed by atoms with Gasteiger partial charge < -0.3 is 19.7 Å². The van der Waals surface area contributed by atoms with Crippen molar-refractivity contribution in [2.45, 2.75) is 89.5 Å². The molecule has 1 N–H and O–H groups in total. The van der Waals surface area contributed by atoms with E-state index in [0.717, 1.165) is 45.2 Å². The van der Waals surface area contributed by atoms with E-state index in [0.29, 0.717) is 18.2 Å². The van der Waals surface area contributed by atoms with E-state index in [1.165, 1.54) is 12.8 Å². The van der Waals surface area contributed by atoms with Crippen LogP contribution in [0.2, 0.25) is 0 Å². The molecule has 1 amide bonds. The number of nitrogens with zero attached hydrogens (tertiary/aromatic N) is 1. The molecule has 0 aromatic carbocycles. The zero-order chi connectivity index (χ0) is 16.9. The molecule has 23 heavy (non-hydrogen) atoms. The Bertz CT molecular complexity index is 369. The van der Waals surface area contributed by atoms with Gasteiger partial charge in [0, 0.05) is 25.7 Å². The molecule has 134 valence electrons. The predicted octanol–water partition coefficient (Wildman–Crippen LogP) is 3.32. The second kappa shape index (κ2) is 8.34. The number of amides is 1. The minimum absolute atomic E-state index is 0.152. The number of rotatable bonds is 7. The lowest BCUT2D eigenvalue weighted by molar-refractivity contribution is 0.0230. The van der Waals surface area contributed by atoms with Crippen molar-refractivity contribution < 1.29 is 14.3 Å². The summed E-state index contributed by atoms with van der Waals surface area (Å²) in [7, 11) is 1.81. The summed E-state index contributed by atoms with van der Waals surface area (Å²) < 4.78 is 10.9. The smallest absolute Gasteiger partial charge is 0.410 e. The second-order valence-corrected chi connectivity index (χ2v) is 7.92. The Morgan fingerprint density at radius 2 is 1.78 bits per heavy atom. The van der Waals surface area contributed by atoms with Gasteiger partial charge in [-0.05, 0) is 72.3 Å². The average Bonchev–Trinajstić information content (AvgIpc) is 3.30. The van der Waals surface area contributed by atoms with E-state index >= 15 is 0 Å². The van der Waals surface area contributed by atoms with E-state index < -0.39 is 5.60 Å². The summed E-state index contributed by atoms with van der Waals surface area (Å²) in [6.45, 7) is 7.53. The summed E-state index contributed by atoms with van der Waals surface area (Å²) in [6.07, 6.45) is 8.21. The molecule has 0 bridgehead atoms. The van der Waals surface area contributed by atoms with Crippen LogP contribution in [0, 0.1) is 0 Å². The molecule has 0 heterocycles. The summed E-state index contributed by atoms with van der Waals surface area (Å²) in [5, 5.41) is 3.63. The highest BCUT2D eigenvalue weighted by molar-refractivity contribution is 5.69. The first-order chi connectivity index (χ1) is 10.9. The normalized spacial score (nSPS) is 25.2. The molecule has 0 atom stereocenters. The van der Waals surface area contributed by atoms with E-state index in [1.54, 1.807) is 0 Å². The van der Waals surface area contributed by atoms with Gasteiger partial charge >= 0.3 is 6.09 Å². The fourth-order valence-corrected chi connectivity index (χ4v) is 3.19. The third-order valence-electron chi connectivity index (χ3n) is 4.63. The lowest BCUT2D eigenvalue weighted by Crippen LogP contribution is -2.40. The van der Waals surface area contributed by atoms with Crippen molar-refractivity contribution in [2.24, 2.45) is 0 Å². The van der Waals surface area contributed by atoms with Crippen LogP contribution in [0.3, 0.4) is 0 Å². The molecule has 2 saturated carbocycles. The van der Waals surface area contributed by atoms with Crippen molar-refractivity contribution in [3.63, 3.8) is 0 Å². The standard InChI is InChI=1S/C18H34N2O3/c1-18(2,3)23-17(21)20(15-8-9-15)13-5-12-19-14-6-10-16(22-4)11-7-14/h14-16,19H,5-13H2,1-4H3. The molecule has 0 aromatic rings. The molecule has 5 heteroatoms. The molecule has 2 fully saturated rings. The predicted molar refractivity (Wildman–Crippen MR) is 91.6 cm³/mol. The molecule has 0 aliphatic heterocycles. The summed E-state index contributed by atoms with van der Waals surface area (Å²) in [5.74, 6) is 0. The van der Waals surface area contributed by atoms with Crippen LogP contribution in [-0.4, -0.2) is 55.0 Å². The topological polar surface area (TPSA) is 50.8 Å². The number of hydrogen-bond donors (Lipinski definition) is 1. The fraction of sp³-hybridized carbons (Fsp3) is 0.944. The maximum atomic E-state index is 12.3. The first-order valence-corrected chi connectivity index (χ1v) is 9.15. The van der Waals surface area contributed by atoms with E-state index in [4.69, 9.17) is 9.47 Å². The van der Waals surface area contributed by atoms with Gasteiger partial charge in [-0.2, -0.15) is 0 Å². The van der Waals surface area contributed by atoms with E-state index in [2.05, 4.69) is 5.32 Å². The van der Waals surface area contributed by atoms with Gasteiger partial charge in [-0.25, -0.2) is 4.79 Å². The summed E-state index contributed by atoms with van der Waals surface area (Å²) >= 11 is 0. The summed E-state index contributed by atoms with van der Waals surface area (Å²) in [6, 6.07) is 1.01. The van der Waals surface area contributed by atoms with Crippen molar-refractivity contribution in [1.29, 1.82) is 0 Å². The van der Waals surface area contributed by atoms with E-state index in [1.807, 2.05) is 32.8 Å². The lowest BCUT2D eigenvalue weighted by Gasteiger charge is -2.29. The molecular weight excluding hydrogens is 292 g/mol. The maximum Gasteiger partial charge on any atom is 0.410 e. The Balaban J connectivity index is 1.64. The van der Waals surface area contributed by atoms with Crippen molar-refractivity contribution >= 4 is 6.09 Å². The van der Waals surface area contributed by atoms with Crippen LogP contribution in [0.25, 0.3) is 0 Å². The maximum absolute atomic E-state index is 12.3. The van der Waals surface area contributed by atoms with Gasteiger partial charge in [0.2, 0.25) is 0 Å². The minimum Gasteiger partial charge on any atom is -0.444 e. The first-order valence-electron chi connectivity index (χ1n) is 9.15. The van der Waals surface area contributed by atoms with Gasteiger partial charge in [-0.1, -0.05) is 0 Å².